The second-order valence-electron chi connectivity index (χ2n) is 13.8. The first-order valence-electron chi connectivity index (χ1n) is 14.5. The van der Waals surface area contributed by atoms with E-state index in [-0.39, 0.29) is 35.6 Å². The zero-order chi connectivity index (χ0) is 28.4. The predicted octanol–water partition coefficient (Wildman–Crippen LogP) is 4.92. The van der Waals surface area contributed by atoms with Gasteiger partial charge in [0.2, 0.25) is 0 Å². The largest absolute Gasteiger partial charge is 0.450 e. The van der Waals surface area contributed by atoms with E-state index in [0.29, 0.717) is 23.7 Å². The van der Waals surface area contributed by atoms with Crippen molar-refractivity contribution in [2.45, 2.75) is 98.9 Å². The first kappa shape index (κ1) is 27.0. The van der Waals surface area contributed by atoms with Gasteiger partial charge < -0.3 is 23.9 Å². The van der Waals surface area contributed by atoms with Gasteiger partial charge in [0, 0.05) is 18.2 Å². The van der Waals surface area contributed by atoms with Gasteiger partial charge in [-0.15, -0.1) is 0 Å². The zero-order valence-electron chi connectivity index (χ0n) is 24.8. The first-order chi connectivity index (χ1) is 18.1. The highest BCUT2D eigenvalue weighted by Crippen LogP contribution is 2.72. The Bertz CT molecular complexity index is 1330. The maximum atomic E-state index is 14.8. The van der Waals surface area contributed by atoms with Crippen molar-refractivity contribution >= 4 is 11.8 Å². The lowest BCUT2D eigenvalue weighted by atomic mass is 9.59. The Labute approximate surface area is 231 Å². The van der Waals surface area contributed by atoms with Crippen molar-refractivity contribution in [3.8, 4) is 0 Å². The lowest BCUT2D eigenvalue weighted by Crippen LogP contribution is -2.68. The second-order valence-corrected chi connectivity index (χ2v) is 13.8. The molecule has 0 aromatic carbocycles. The van der Waals surface area contributed by atoms with Crippen LogP contribution in [0.5, 0.6) is 0 Å². The molecule has 6 rings (SSSR count). The Morgan fingerprint density at radius 1 is 1.21 bits per heavy atom. The maximum Gasteiger partial charge on any atom is 0.355 e. The van der Waals surface area contributed by atoms with E-state index in [9.17, 15) is 14.7 Å². The smallest absolute Gasteiger partial charge is 0.355 e. The molecule has 0 radical (unpaired) electrons. The summed E-state index contributed by atoms with van der Waals surface area (Å²) < 4.78 is 20.8. The van der Waals surface area contributed by atoms with E-state index >= 15 is 0 Å². The fourth-order valence-electron chi connectivity index (χ4n) is 8.99. The maximum absolute atomic E-state index is 14.8. The van der Waals surface area contributed by atoms with Crippen molar-refractivity contribution in [2.75, 3.05) is 6.61 Å². The molecule has 4 aliphatic carbocycles. The molecule has 1 aliphatic heterocycles. The number of hydrogen-bond donors (Lipinski definition) is 1. The molecule has 1 saturated heterocycles. The van der Waals surface area contributed by atoms with Crippen LogP contribution >= 0.6 is 0 Å². The highest BCUT2D eigenvalue weighted by Gasteiger charge is 2.77. The molecule has 212 valence electrons. The van der Waals surface area contributed by atoms with E-state index in [1.54, 1.807) is 0 Å². The molecule has 1 aromatic rings. The number of allylic oxidation sites excluding steroid dienone is 1. The van der Waals surface area contributed by atoms with Crippen LogP contribution in [0.15, 0.2) is 29.4 Å². The fourth-order valence-corrected chi connectivity index (χ4v) is 8.99. The summed E-state index contributed by atoms with van der Waals surface area (Å²) in [5.74, 6) is -1.40. The average molecular weight is 538 g/mol. The van der Waals surface area contributed by atoms with Gasteiger partial charge in [-0.25, -0.2) is 4.79 Å². The van der Waals surface area contributed by atoms with E-state index in [1.165, 1.54) is 0 Å². The molecule has 0 unspecified atom stereocenters. The van der Waals surface area contributed by atoms with E-state index in [2.05, 4.69) is 20.8 Å². The summed E-state index contributed by atoms with van der Waals surface area (Å²) in [6, 6.07) is 1.97. The molecule has 5 aliphatic rings. The number of rotatable bonds is 3. The zero-order valence-corrected chi connectivity index (χ0v) is 24.8. The molecule has 1 N–H and O–H groups in total. The standard InChI is InChI=1S/C32H43NO6/c1-10-33-19(5)11-16(2)24(33)28(35)38-26-17(3)14-31-18(4)12-22-23(29(22,6)7)21(25(31)34)13-20-15-37-30(8,9)39-27(20)32(26,31)36/h11,13-14,18,21-23,26-27,36H,10,12,15H2,1-9H3/t18-,21+,22-,23+,26+,27-,31+,32-/m1/s1. The van der Waals surface area contributed by atoms with Gasteiger partial charge in [0.1, 0.15) is 11.8 Å². The number of carbonyl (C=O) groups is 2. The summed E-state index contributed by atoms with van der Waals surface area (Å²) in [5, 5.41) is 13.2. The lowest BCUT2D eigenvalue weighted by Gasteiger charge is -2.52. The van der Waals surface area contributed by atoms with Gasteiger partial charge >= 0.3 is 5.97 Å². The van der Waals surface area contributed by atoms with E-state index in [1.807, 2.05) is 64.3 Å². The van der Waals surface area contributed by atoms with Gasteiger partial charge in [-0.1, -0.05) is 32.9 Å². The Hall–Kier alpha value is -2.22. The Morgan fingerprint density at radius 3 is 2.56 bits per heavy atom. The van der Waals surface area contributed by atoms with Crippen LogP contribution in [0.2, 0.25) is 0 Å². The number of aliphatic hydroxyl groups is 1. The van der Waals surface area contributed by atoms with Gasteiger partial charge in [0.05, 0.1) is 12.0 Å². The number of aryl methyl sites for hydroxylation is 2. The highest BCUT2D eigenvalue weighted by molar-refractivity contribution is 5.96. The number of aromatic nitrogens is 1. The van der Waals surface area contributed by atoms with Gasteiger partial charge in [0.25, 0.3) is 0 Å². The topological polar surface area (TPSA) is 87.0 Å². The SMILES string of the molecule is CCn1c(C)cc(C)c1C(=O)O[C@H]1C(C)=C[C@]23C(=O)[C@@H](C=C4COC(C)(C)O[C@H]4[C@]12O)[C@H]1[C@@H](C[C@H]3C)C1(C)C. The van der Waals surface area contributed by atoms with Crippen molar-refractivity contribution < 1.29 is 28.9 Å². The number of fused-ring (bicyclic) bond motifs is 5. The van der Waals surface area contributed by atoms with Crippen molar-refractivity contribution in [3.05, 3.63) is 46.3 Å². The van der Waals surface area contributed by atoms with Crippen LogP contribution in [0.1, 0.15) is 76.6 Å². The first-order valence-corrected chi connectivity index (χ1v) is 14.5. The highest BCUT2D eigenvalue weighted by atomic mass is 16.7. The lowest BCUT2D eigenvalue weighted by molar-refractivity contribution is -0.302. The molecule has 2 bridgehead atoms. The fraction of sp³-hybridized carbons (Fsp3) is 0.688. The molecular formula is C32H43NO6. The molecule has 39 heavy (non-hydrogen) atoms. The van der Waals surface area contributed by atoms with Gasteiger partial charge in [0.15, 0.2) is 23.3 Å². The number of carbonyl (C=O) groups excluding carboxylic acids is 2. The third-order valence-electron chi connectivity index (χ3n) is 10.9. The van der Waals surface area contributed by atoms with E-state index in [0.717, 1.165) is 23.3 Å². The molecule has 0 amide bonds. The Kier molecular flexibility index (Phi) is 5.65. The number of esters is 1. The summed E-state index contributed by atoms with van der Waals surface area (Å²) in [4.78, 5) is 28.7. The van der Waals surface area contributed by atoms with Crippen molar-refractivity contribution in [1.82, 2.24) is 4.57 Å². The summed E-state index contributed by atoms with van der Waals surface area (Å²) in [6.45, 7) is 18.8. The Morgan fingerprint density at radius 2 is 1.90 bits per heavy atom. The molecule has 1 spiro atoms. The van der Waals surface area contributed by atoms with Gasteiger partial charge in [-0.3, -0.25) is 4.79 Å². The molecular weight excluding hydrogens is 494 g/mol. The van der Waals surface area contributed by atoms with E-state index < -0.39 is 35.0 Å². The molecule has 1 aromatic heterocycles. The summed E-state index contributed by atoms with van der Waals surface area (Å²) in [6.07, 6.45) is 2.88. The second kappa shape index (κ2) is 8.17. The minimum absolute atomic E-state index is 0.0146. The van der Waals surface area contributed by atoms with Crippen LogP contribution in [0.3, 0.4) is 0 Å². The third kappa shape index (κ3) is 3.33. The summed E-state index contributed by atoms with van der Waals surface area (Å²) in [7, 11) is 0. The van der Waals surface area contributed by atoms with Crippen molar-refractivity contribution in [2.24, 2.45) is 34.5 Å². The molecule has 8 atom stereocenters. The molecule has 7 nitrogen and oxygen atoms in total. The van der Waals surface area contributed by atoms with Crippen molar-refractivity contribution in [1.29, 1.82) is 0 Å². The number of ether oxygens (including phenoxy) is 3. The molecule has 3 fully saturated rings. The van der Waals surface area contributed by atoms with Crippen molar-refractivity contribution in [3.63, 3.8) is 0 Å². The minimum atomic E-state index is -1.81. The molecule has 2 heterocycles. The number of nitrogens with zero attached hydrogens (tertiary/aromatic N) is 1. The number of ketones is 1. The van der Waals surface area contributed by atoms with E-state index in [4.69, 9.17) is 14.2 Å². The quantitative estimate of drug-likeness (QED) is 0.435. The number of Topliss-reactive ketones (excluding diaryl/α,β-unsaturated/α-hetero) is 1. The average Bonchev–Trinajstić information content (AvgIpc) is 3.17. The van der Waals surface area contributed by atoms with Crippen LogP contribution in [-0.4, -0.2) is 51.6 Å². The monoisotopic (exact) mass is 537 g/mol. The summed E-state index contributed by atoms with van der Waals surface area (Å²) in [5.41, 5.74) is 0.729. The van der Waals surface area contributed by atoms with Gasteiger partial charge in [-0.2, -0.15) is 0 Å². The van der Waals surface area contributed by atoms with Crippen LogP contribution in [0, 0.1) is 48.3 Å². The van der Waals surface area contributed by atoms with Gasteiger partial charge in [-0.05, 0) is 93.9 Å². The van der Waals surface area contributed by atoms with Crippen LogP contribution in [0.4, 0.5) is 0 Å². The Balaban J connectivity index is 1.52. The number of hydrogen-bond acceptors (Lipinski definition) is 6. The normalized spacial score (nSPS) is 41.3. The third-order valence-corrected chi connectivity index (χ3v) is 10.9. The molecule has 2 saturated carbocycles. The van der Waals surface area contributed by atoms with Crippen LogP contribution in [-0.2, 0) is 25.5 Å². The van der Waals surface area contributed by atoms with Crippen LogP contribution < -0.4 is 0 Å². The summed E-state index contributed by atoms with van der Waals surface area (Å²) >= 11 is 0. The predicted molar refractivity (Wildman–Crippen MR) is 146 cm³/mol. The molecule has 7 heteroatoms. The minimum Gasteiger partial charge on any atom is -0.450 e. The van der Waals surface area contributed by atoms with Crippen LogP contribution in [0.25, 0.3) is 0 Å².